The zero-order valence-electron chi connectivity index (χ0n) is 10.3. The van der Waals surface area contributed by atoms with E-state index in [9.17, 15) is 8.42 Å². The zero-order chi connectivity index (χ0) is 12.9. The van der Waals surface area contributed by atoms with Gasteiger partial charge in [0.25, 0.3) is 0 Å². The molecule has 0 aromatic carbocycles. The van der Waals surface area contributed by atoms with Crippen LogP contribution >= 0.6 is 15.9 Å². The van der Waals surface area contributed by atoms with Gasteiger partial charge in [0.05, 0.1) is 18.5 Å². The molecule has 4 nitrogen and oxygen atoms in total. The molecule has 1 aromatic heterocycles. The molecule has 17 heavy (non-hydrogen) atoms. The first-order valence-corrected chi connectivity index (χ1v) is 8.78. The van der Waals surface area contributed by atoms with Gasteiger partial charge in [0.1, 0.15) is 0 Å². The molecule has 98 valence electrons. The Kier molecular flexibility index (Phi) is 5.66. The van der Waals surface area contributed by atoms with Gasteiger partial charge in [-0.3, -0.25) is 4.68 Å². The highest BCUT2D eigenvalue weighted by Gasteiger charge is 2.12. The Hall–Kier alpha value is -0.360. The highest BCUT2D eigenvalue weighted by Crippen LogP contribution is 2.14. The minimum Gasteiger partial charge on any atom is -0.268 e. The summed E-state index contributed by atoms with van der Waals surface area (Å²) < 4.78 is 24.8. The lowest BCUT2D eigenvalue weighted by Gasteiger charge is -2.08. The summed E-state index contributed by atoms with van der Waals surface area (Å²) in [5.74, 6) is 0.367. The zero-order valence-corrected chi connectivity index (χ0v) is 12.7. The minimum atomic E-state index is -2.92. The van der Waals surface area contributed by atoms with Gasteiger partial charge in [-0.15, -0.1) is 0 Å². The maximum Gasteiger partial charge on any atom is 0.151 e. The third-order valence-electron chi connectivity index (χ3n) is 2.72. The van der Waals surface area contributed by atoms with Crippen molar-refractivity contribution in [2.75, 3.05) is 11.5 Å². The largest absolute Gasteiger partial charge is 0.268 e. The van der Waals surface area contributed by atoms with Crippen molar-refractivity contribution in [1.29, 1.82) is 0 Å². The van der Waals surface area contributed by atoms with Gasteiger partial charge in [-0.25, -0.2) is 8.42 Å². The summed E-state index contributed by atoms with van der Waals surface area (Å²) in [6, 6.07) is 0. The van der Waals surface area contributed by atoms with E-state index in [1.807, 2.05) is 10.9 Å². The molecule has 0 amide bonds. The fourth-order valence-corrected chi connectivity index (χ4v) is 2.86. The quantitative estimate of drug-likeness (QED) is 0.723. The molecule has 0 fully saturated rings. The lowest BCUT2D eigenvalue weighted by atomic mass is 10.2. The van der Waals surface area contributed by atoms with Crippen molar-refractivity contribution >= 4 is 25.8 Å². The minimum absolute atomic E-state index is 0.170. The van der Waals surface area contributed by atoms with E-state index >= 15 is 0 Å². The van der Waals surface area contributed by atoms with E-state index in [-0.39, 0.29) is 11.5 Å². The van der Waals surface area contributed by atoms with Gasteiger partial charge in [0, 0.05) is 22.3 Å². The van der Waals surface area contributed by atoms with Crippen molar-refractivity contribution in [2.24, 2.45) is 0 Å². The van der Waals surface area contributed by atoms with Crippen LogP contribution in [0.15, 0.2) is 6.20 Å². The average Bonchev–Trinajstić information content (AvgIpc) is 2.70. The fourth-order valence-electron chi connectivity index (χ4n) is 1.65. The van der Waals surface area contributed by atoms with E-state index in [2.05, 4.69) is 28.0 Å². The number of rotatable bonds is 7. The van der Waals surface area contributed by atoms with Crippen molar-refractivity contribution in [1.82, 2.24) is 9.78 Å². The van der Waals surface area contributed by atoms with Gasteiger partial charge in [-0.05, 0) is 6.42 Å². The molecule has 1 rings (SSSR count). The molecular weight excluding hydrogens is 304 g/mol. The summed E-state index contributed by atoms with van der Waals surface area (Å²) in [4.78, 5) is 0. The molecule has 0 atom stereocenters. The predicted octanol–water partition coefficient (Wildman–Crippen LogP) is 2.17. The SMILES string of the molecule is CCCc1c(CBr)cnn1CCS(=O)(=O)CC. The van der Waals surface area contributed by atoms with Crippen LogP contribution in [0.25, 0.3) is 0 Å². The van der Waals surface area contributed by atoms with Crippen LogP contribution in [0.5, 0.6) is 0 Å². The molecule has 0 aliphatic rings. The van der Waals surface area contributed by atoms with E-state index in [0.717, 1.165) is 29.4 Å². The summed E-state index contributed by atoms with van der Waals surface area (Å²) in [5, 5.41) is 5.03. The molecule has 6 heteroatoms. The van der Waals surface area contributed by atoms with Crippen molar-refractivity contribution < 1.29 is 8.42 Å². The van der Waals surface area contributed by atoms with Crippen LogP contribution in [0.3, 0.4) is 0 Å². The molecule has 0 aliphatic heterocycles. The van der Waals surface area contributed by atoms with Gasteiger partial charge < -0.3 is 0 Å². The summed E-state index contributed by atoms with van der Waals surface area (Å²) in [7, 11) is -2.92. The molecule has 0 saturated heterocycles. The van der Waals surface area contributed by atoms with Crippen LogP contribution in [0.2, 0.25) is 0 Å². The number of aromatic nitrogens is 2. The first-order valence-electron chi connectivity index (χ1n) is 5.84. The standard InChI is InChI=1S/C11H19BrN2O2S/c1-3-5-11-10(8-12)9-13-14(11)6-7-17(15,16)4-2/h9H,3-8H2,1-2H3. The number of aryl methyl sites for hydroxylation is 1. The predicted molar refractivity (Wildman–Crippen MR) is 73.2 cm³/mol. The van der Waals surface area contributed by atoms with E-state index in [0.29, 0.717) is 6.54 Å². The molecule has 0 unspecified atom stereocenters. The van der Waals surface area contributed by atoms with Gasteiger partial charge in [-0.1, -0.05) is 36.2 Å². The Morgan fingerprint density at radius 2 is 2.12 bits per heavy atom. The monoisotopic (exact) mass is 322 g/mol. The van der Waals surface area contributed by atoms with Gasteiger partial charge >= 0.3 is 0 Å². The summed E-state index contributed by atoms with van der Waals surface area (Å²) in [5.41, 5.74) is 2.30. The Bertz CT molecular complexity index is 454. The number of halogens is 1. The molecule has 0 saturated carbocycles. The van der Waals surface area contributed by atoms with E-state index < -0.39 is 9.84 Å². The van der Waals surface area contributed by atoms with Crippen LogP contribution in [-0.2, 0) is 28.1 Å². The van der Waals surface area contributed by atoms with Crippen molar-refractivity contribution in [3.05, 3.63) is 17.5 Å². The number of hydrogen-bond donors (Lipinski definition) is 0. The lowest BCUT2D eigenvalue weighted by molar-refractivity contribution is 0.572. The van der Waals surface area contributed by atoms with Crippen LogP contribution < -0.4 is 0 Å². The van der Waals surface area contributed by atoms with Gasteiger partial charge in [-0.2, -0.15) is 5.10 Å². The fraction of sp³-hybridized carbons (Fsp3) is 0.727. The van der Waals surface area contributed by atoms with Crippen LogP contribution in [0.1, 0.15) is 31.5 Å². The number of alkyl halides is 1. The maximum atomic E-state index is 11.5. The first kappa shape index (κ1) is 14.7. The third kappa shape index (κ3) is 4.10. The van der Waals surface area contributed by atoms with Crippen molar-refractivity contribution in [3.8, 4) is 0 Å². The van der Waals surface area contributed by atoms with Crippen LogP contribution in [0.4, 0.5) is 0 Å². The second-order valence-electron chi connectivity index (χ2n) is 3.96. The van der Waals surface area contributed by atoms with E-state index in [1.165, 1.54) is 0 Å². The summed E-state index contributed by atoms with van der Waals surface area (Å²) >= 11 is 3.42. The normalized spacial score (nSPS) is 11.9. The molecule has 1 heterocycles. The second kappa shape index (κ2) is 6.54. The Morgan fingerprint density at radius 1 is 1.41 bits per heavy atom. The molecule has 0 spiro atoms. The summed E-state index contributed by atoms with van der Waals surface area (Å²) in [6.07, 6.45) is 3.79. The van der Waals surface area contributed by atoms with Crippen molar-refractivity contribution in [2.45, 2.75) is 38.6 Å². The van der Waals surface area contributed by atoms with Gasteiger partial charge in [0.15, 0.2) is 9.84 Å². The Labute approximate surface area is 111 Å². The van der Waals surface area contributed by atoms with Gasteiger partial charge in [0.2, 0.25) is 0 Å². The summed E-state index contributed by atoms with van der Waals surface area (Å²) in [6.45, 7) is 4.24. The third-order valence-corrected chi connectivity index (χ3v) is 5.01. The average molecular weight is 323 g/mol. The number of nitrogens with zero attached hydrogens (tertiary/aromatic N) is 2. The number of sulfone groups is 1. The first-order chi connectivity index (χ1) is 8.04. The molecule has 0 aliphatic carbocycles. The topological polar surface area (TPSA) is 52.0 Å². The Balaban J connectivity index is 2.80. The maximum absolute atomic E-state index is 11.5. The van der Waals surface area contributed by atoms with Crippen LogP contribution in [-0.4, -0.2) is 29.7 Å². The Morgan fingerprint density at radius 3 is 2.65 bits per heavy atom. The van der Waals surface area contributed by atoms with E-state index in [1.54, 1.807) is 6.92 Å². The highest BCUT2D eigenvalue weighted by atomic mass is 79.9. The molecule has 0 bridgehead atoms. The molecule has 1 aromatic rings. The van der Waals surface area contributed by atoms with Crippen LogP contribution in [0, 0.1) is 0 Å². The number of hydrogen-bond acceptors (Lipinski definition) is 3. The van der Waals surface area contributed by atoms with Crippen molar-refractivity contribution in [3.63, 3.8) is 0 Å². The lowest BCUT2D eigenvalue weighted by Crippen LogP contribution is -2.17. The smallest absolute Gasteiger partial charge is 0.151 e. The highest BCUT2D eigenvalue weighted by molar-refractivity contribution is 9.08. The molecular formula is C11H19BrN2O2S. The van der Waals surface area contributed by atoms with E-state index in [4.69, 9.17) is 0 Å². The second-order valence-corrected chi connectivity index (χ2v) is 6.99. The molecule has 0 radical (unpaired) electrons. The molecule has 0 N–H and O–H groups in total.